The Balaban J connectivity index is 1.73. The number of hydrogen-bond acceptors (Lipinski definition) is 4. The summed E-state index contributed by atoms with van der Waals surface area (Å²) in [6.45, 7) is 0.318. The number of carbonyl (C=O) groups excluding carboxylic acids is 1. The van der Waals surface area contributed by atoms with E-state index in [1.165, 1.54) is 18.2 Å². The molecular weight excluding hydrogens is 416 g/mol. The molecule has 0 spiro atoms. The van der Waals surface area contributed by atoms with Crippen molar-refractivity contribution >= 4 is 27.6 Å². The van der Waals surface area contributed by atoms with Gasteiger partial charge in [-0.1, -0.05) is 54.6 Å². The molecule has 0 unspecified atom stereocenters. The molecule has 3 aromatic rings. The average molecular weight is 439 g/mol. The Morgan fingerprint density at radius 1 is 0.806 bits per heavy atom. The van der Waals surface area contributed by atoms with Crippen LogP contribution in [0.3, 0.4) is 0 Å². The van der Waals surface area contributed by atoms with Crippen LogP contribution in [-0.2, 0) is 27.8 Å². The molecule has 0 saturated heterocycles. The number of benzene rings is 3. The molecule has 0 saturated carbocycles. The first-order valence-electron chi connectivity index (χ1n) is 9.60. The molecule has 3 aromatic carbocycles. The molecule has 0 heterocycles. The second-order valence-corrected chi connectivity index (χ2v) is 8.54. The van der Waals surface area contributed by atoms with Crippen molar-refractivity contribution in [2.24, 2.45) is 0 Å². The van der Waals surface area contributed by atoms with Crippen molar-refractivity contribution in [1.82, 2.24) is 5.32 Å². The van der Waals surface area contributed by atoms with E-state index in [0.717, 1.165) is 11.1 Å². The summed E-state index contributed by atoms with van der Waals surface area (Å²) in [5, 5.41) is 11.5. The topological polar surface area (TPSA) is 113 Å². The Morgan fingerprint density at radius 2 is 1.45 bits per heavy atom. The number of aryl methyl sites for hydroxylation is 1. The van der Waals surface area contributed by atoms with E-state index in [1.807, 2.05) is 30.3 Å². The number of para-hydroxylation sites is 1. The second-order valence-electron chi connectivity index (χ2n) is 6.86. The third kappa shape index (κ3) is 6.16. The zero-order chi connectivity index (χ0) is 22.3. The van der Waals surface area contributed by atoms with E-state index in [2.05, 4.69) is 10.0 Å². The fourth-order valence-corrected chi connectivity index (χ4v) is 4.01. The highest BCUT2D eigenvalue weighted by molar-refractivity contribution is 7.92. The molecule has 0 atom stereocenters. The summed E-state index contributed by atoms with van der Waals surface area (Å²) in [5.41, 5.74) is 2.03. The van der Waals surface area contributed by atoms with Crippen LogP contribution in [0.25, 0.3) is 0 Å². The standard InChI is InChI=1S/C23H22N2O5S/c26-22(27)15-12-17-10-13-19(14-11-17)31(29,30)25-21-9-5-4-8-20(21)23(28)24-16-18-6-2-1-3-7-18/h1-11,13-14,25H,12,15-16H2,(H,24,28)(H,26,27). The number of amides is 1. The lowest BCUT2D eigenvalue weighted by Gasteiger charge is -2.13. The van der Waals surface area contributed by atoms with Gasteiger partial charge in [0.25, 0.3) is 15.9 Å². The molecule has 0 aliphatic rings. The predicted octanol–water partition coefficient (Wildman–Crippen LogP) is 3.43. The van der Waals surface area contributed by atoms with Gasteiger partial charge in [0.15, 0.2) is 0 Å². The second kappa shape index (κ2) is 9.90. The van der Waals surface area contributed by atoms with Gasteiger partial charge in [0.1, 0.15) is 0 Å². The third-order valence-electron chi connectivity index (χ3n) is 4.57. The number of aliphatic carboxylic acids is 1. The van der Waals surface area contributed by atoms with E-state index < -0.39 is 21.9 Å². The van der Waals surface area contributed by atoms with Crippen LogP contribution < -0.4 is 10.0 Å². The van der Waals surface area contributed by atoms with Gasteiger partial charge in [-0.25, -0.2) is 8.42 Å². The van der Waals surface area contributed by atoms with Gasteiger partial charge in [0.05, 0.1) is 16.1 Å². The van der Waals surface area contributed by atoms with Gasteiger partial charge >= 0.3 is 5.97 Å². The van der Waals surface area contributed by atoms with Crippen LogP contribution in [0.2, 0.25) is 0 Å². The van der Waals surface area contributed by atoms with Crippen LogP contribution >= 0.6 is 0 Å². The van der Waals surface area contributed by atoms with Crippen molar-refractivity contribution in [2.75, 3.05) is 4.72 Å². The Kier molecular flexibility index (Phi) is 7.04. The molecule has 7 nitrogen and oxygen atoms in total. The van der Waals surface area contributed by atoms with Crippen molar-refractivity contribution < 1.29 is 23.1 Å². The van der Waals surface area contributed by atoms with Gasteiger partial charge in [-0.15, -0.1) is 0 Å². The monoisotopic (exact) mass is 438 g/mol. The van der Waals surface area contributed by atoms with Crippen molar-refractivity contribution in [3.8, 4) is 0 Å². The maximum absolute atomic E-state index is 12.8. The van der Waals surface area contributed by atoms with E-state index in [9.17, 15) is 18.0 Å². The highest BCUT2D eigenvalue weighted by Crippen LogP contribution is 2.21. The summed E-state index contributed by atoms with van der Waals surface area (Å²) in [6, 6.07) is 21.8. The van der Waals surface area contributed by atoms with Crippen molar-refractivity contribution in [1.29, 1.82) is 0 Å². The molecule has 0 fully saturated rings. The number of carboxylic acid groups (broad SMARTS) is 1. The van der Waals surface area contributed by atoms with E-state index in [-0.39, 0.29) is 22.6 Å². The van der Waals surface area contributed by atoms with Crippen molar-refractivity contribution in [3.63, 3.8) is 0 Å². The zero-order valence-electron chi connectivity index (χ0n) is 16.6. The van der Waals surface area contributed by atoms with Gasteiger partial charge in [0, 0.05) is 13.0 Å². The van der Waals surface area contributed by atoms with Crippen LogP contribution in [0.15, 0.2) is 83.8 Å². The molecule has 0 bridgehead atoms. The molecule has 3 N–H and O–H groups in total. The Hall–Kier alpha value is -3.65. The van der Waals surface area contributed by atoms with Gasteiger partial charge in [-0.05, 0) is 41.8 Å². The highest BCUT2D eigenvalue weighted by Gasteiger charge is 2.18. The lowest BCUT2D eigenvalue weighted by molar-refractivity contribution is -0.136. The Bertz CT molecular complexity index is 1160. The highest BCUT2D eigenvalue weighted by atomic mass is 32.2. The van der Waals surface area contributed by atoms with Crippen LogP contribution in [0.4, 0.5) is 5.69 Å². The fourth-order valence-electron chi connectivity index (χ4n) is 2.93. The number of nitrogens with one attached hydrogen (secondary N) is 2. The molecule has 8 heteroatoms. The first-order chi connectivity index (χ1) is 14.8. The maximum atomic E-state index is 12.8. The Labute approximate surface area is 180 Å². The molecule has 31 heavy (non-hydrogen) atoms. The summed E-state index contributed by atoms with van der Waals surface area (Å²) in [6.07, 6.45) is 0.281. The summed E-state index contributed by atoms with van der Waals surface area (Å²) in [4.78, 5) is 23.3. The number of sulfonamides is 1. The quantitative estimate of drug-likeness (QED) is 0.474. The molecular formula is C23H22N2O5S. The third-order valence-corrected chi connectivity index (χ3v) is 5.95. The smallest absolute Gasteiger partial charge is 0.303 e. The van der Waals surface area contributed by atoms with Gasteiger partial charge in [0.2, 0.25) is 0 Å². The molecule has 0 aromatic heterocycles. The first-order valence-corrected chi connectivity index (χ1v) is 11.1. The van der Waals surface area contributed by atoms with E-state index in [0.29, 0.717) is 13.0 Å². The van der Waals surface area contributed by atoms with Crippen LogP contribution in [0.1, 0.15) is 27.9 Å². The normalized spacial score (nSPS) is 11.0. The van der Waals surface area contributed by atoms with Crippen LogP contribution in [0, 0.1) is 0 Å². The first kappa shape index (κ1) is 22.0. The van der Waals surface area contributed by atoms with E-state index in [4.69, 9.17) is 5.11 Å². The SMILES string of the molecule is O=C(O)CCc1ccc(S(=O)(=O)Nc2ccccc2C(=O)NCc2ccccc2)cc1. The minimum absolute atomic E-state index is 0.0195. The molecule has 0 aliphatic carbocycles. The largest absolute Gasteiger partial charge is 0.481 e. The number of anilines is 1. The maximum Gasteiger partial charge on any atom is 0.303 e. The minimum Gasteiger partial charge on any atom is -0.481 e. The molecule has 0 radical (unpaired) electrons. The van der Waals surface area contributed by atoms with Gasteiger partial charge in [-0.3, -0.25) is 14.3 Å². The van der Waals surface area contributed by atoms with Crippen molar-refractivity contribution in [3.05, 3.63) is 95.6 Å². The van der Waals surface area contributed by atoms with E-state index in [1.54, 1.807) is 30.3 Å². The lowest BCUT2D eigenvalue weighted by atomic mass is 10.1. The Morgan fingerprint density at radius 3 is 2.13 bits per heavy atom. The van der Waals surface area contributed by atoms with Crippen LogP contribution in [0.5, 0.6) is 0 Å². The van der Waals surface area contributed by atoms with Gasteiger partial charge in [-0.2, -0.15) is 0 Å². The summed E-state index contributed by atoms with van der Waals surface area (Å²) >= 11 is 0. The minimum atomic E-state index is -3.93. The summed E-state index contributed by atoms with van der Waals surface area (Å²) in [5.74, 6) is -1.31. The molecule has 1 amide bonds. The number of rotatable bonds is 9. The lowest BCUT2D eigenvalue weighted by Crippen LogP contribution is -2.25. The molecule has 3 rings (SSSR count). The zero-order valence-corrected chi connectivity index (χ0v) is 17.4. The number of carboxylic acids is 1. The van der Waals surface area contributed by atoms with Gasteiger partial charge < -0.3 is 10.4 Å². The number of carbonyl (C=O) groups is 2. The molecule has 160 valence electrons. The number of hydrogen-bond donors (Lipinski definition) is 3. The average Bonchev–Trinajstić information content (AvgIpc) is 2.77. The molecule has 0 aliphatic heterocycles. The fraction of sp³-hybridized carbons (Fsp3) is 0.130. The van der Waals surface area contributed by atoms with Crippen molar-refractivity contribution in [2.45, 2.75) is 24.3 Å². The summed E-state index contributed by atoms with van der Waals surface area (Å²) < 4.78 is 28.1. The summed E-state index contributed by atoms with van der Waals surface area (Å²) in [7, 11) is -3.93. The predicted molar refractivity (Wildman–Crippen MR) is 117 cm³/mol. The van der Waals surface area contributed by atoms with E-state index >= 15 is 0 Å². The van der Waals surface area contributed by atoms with Crippen LogP contribution in [-0.4, -0.2) is 25.4 Å².